The van der Waals surface area contributed by atoms with Crippen LogP contribution in [-0.2, 0) is 4.79 Å². The van der Waals surface area contributed by atoms with Crippen molar-refractivity contribution in [3.8, 4) is 5.75 Å². The lowest BCUT2D eigenvalue weighted by Crippen LogP contribution is -2.45. The van der Waals surface area contributed by atoms with Crippen LogP contribution in [0.25, 0.3) is 0 Å². The van der Waals surface area contributed by atoms with Gasteiger partial charge in [0, 0.05) is 6.54 Å². The molecule has 2 rings (SSSR count). The number of para-hydroxylation sites is 1. The summed E-state index contributed by atoms with van der Waals surface area (Å²) in [6.07, 6.45) is 0.902. The van der Waals surface area contributed by atoms with Gasteiger partial charge in [0.05, 0.1) is 13.2 Å². The molecule has 1 aliphatic heterocycles. The fourth-order valence-corrected chi connectivity index (χ4v) is 2.65. The Bertz CT molecular complexity index is 474. The highest BCUT2D eigenvalue weighted by atomic mass is 16.5. The maximum atomic E-state index is 11.1. The lowest BCUT2D eigenvalue weighted by molar-refractivity contribution is -0.113. The van der Waals surface area contributed by atoms with Gasteiger partial charge in [0.25, 0.3) is 0 Å². The summed E-state index contributed by atoms with van der Waals surface area (Å²) in [7, 11) is 1.61. The largest absolute Gasteiger partial charge is 0.496 e. The molecule has 19 heavy (non-hydrogen) atoms. The standard InChI is InChI=1S/C14H17NO4/c1-19-13-5-3-2-4-12(13)10-6-7-15(14(17)18)11(8-10)9-16/h2-5,9-11H,6-8H2,1H3,(H,17,18). The highest BCUT2D eigenvalue weighted by molar-refractivity contribution is 5.72. The van der Waals surface area contributed by atoms with Gasteiger partial charge in [-0.25, -0.2) is 4.79 Å². The summed E-state index contributed by atoms with van der Waals surface area (Å²) in [5.74, 6) is 0.947. The van der Waals surface area contributed by atoms with E-state index in [0.717, 1.165) is 17.6 Å². The van der Waals surface area contributed by atoms with Gasteiger partial charge in [-0.2, -0.15) is 0 Å². The molecule has 1 aromatic carbocycles. The molecule has 1 heterocycles. The number of benzene rings is 1. The first-order valence-electron chi connectivity index (χ1n) is 6.25. The number of hydrogen-bond acceptors (Lipinski definition) is 3. The van der Waals surface area contributed by atoms with E-state index in [2.05, 4.69) is 0 Å². The Labute approximate surface area is 111 Å². The third-order valence-electron chi connectivity index (χ3n) is 3.63. The van der Waals surface area contributed by atoms with Crippen molar-refractivity contribution in [3.63, 3.8) is 0 Å². The molecule has 0 bridgehead atoms. The van der Waals surface area contributed by atoms with Gasteiger partial charge in [-0.1, -0.05) is 18.2 Å². The summed E-state index contributed by atoms with van der Waals surface area (Å²) in [6.45, 7) is 0.376. The molecule has 1 saturated heterocycles. The van der Waals surface area contributed by atoms with Crippen molar-refractivity contribution in [2.45, 2.75) is 24.8 Å². The second kappa shape index (κ2) is 5.73. The van der Waals surface area contributed by atoms with Crippen LogP contribution in [0.4, 0.5) is 4.79 Å². The minimum Gasteiger partial charge on any atom is -0.496 e. The third-order valence-corrected chi connectivity index (χ3v) is 3.63. The van der Waals surface area contributed by atoms with E-state index in [-0.39, 0.29) is 5.92 Å². The van der Waals surface area contributed by atoms with Crippen LogP contribution in [-0.4, -0.2) is 42.1 Å². The molecule has 1 N–H and O–H groups in total. The number of likely N-dealkylation sites (tertiary alicyclic amines) is 1. The Kier molecular flexibility index (Phi) is 4.04. The maximum absolute atomic E-state index is 11.1. The zero-order valence-corrected chi connectivity index (χ0v) is 10.8. The van der Waals surface area contributed by atoms with Crippen LogP contribution in [0.3, 0.4) is 0 Å². The van der Waals surface area contributed by atoms with Gasteiger partial charge in [-0.3, -0.25) is 4.90 Å². The maximum Gasteiger partial charge on any atom is 0.407 e. The molecule has 5 nitrogen and oxygen atoms in total. The summed E-state index contributed by atoms with van der Waals surface area (Å²) < 4.78 is 5.32. The first kappa shape index (κ1) is 13.4. The molecule has 2 unspecified atom stereocenters. The molecule has 0 aliphatic carbocycles. The number of carboxylic acid groups (broad SMARTS) is 1. The Morgan fingerprint density at radius 2 is 2.21 bits per heavy atom. The summed E-state index contributed by atoms with van der Waals surface area (Å²) >= 11 is 0. The number of carbonyl (C=O) groups is 2. The van der Waals surface area contributed by atoms with E-state index in [1.165, 1.54) is 4.90 Å². The number of carbonyl (C=O) groups excluding carboxylic acids is 1. The molecule has 1 fully saturated rings. The van der Waals surface area contributed by atoms with E-state index in [0.29, 0.717) is 19.4 Å². The SMILES string of the molecule is COc1ccccc1C1CCN(C(=O)O)C(C=O)C1. The molecule has 0 saturated carbocycles. The van der Waals surface area contributed by atoms with E-state index >= 15 is 0 Å². The topological polar surface area (TPSA) is 66.8 Å². The number of piperidine rings is 1. The van der Waals surface area contributed by atoms with Gasteiger partial charge in [-0.05, 0) is 30.4 Å². The number of nitrogens with zero attached hydrogens (tertiary/aromatic N) is 1. The van der Waals surface area contributed by atoms with Crippen molar-refractivity contribution in [2.24, 2.45) is 0 Å². The molecule has 1 aliphatic rings. The van der Waals surface area contributed by atoms with E-state index < -0.39 is 12.1 Å². The number of amides is 1. The Hall–Kier alpha value is -2.04. The van der Waals surface area contributed by atoms with Crippen LogP contribution in [0.15, 0.2) is 24.3 Å². The fraction of sp³-hybridized carbons (Fsp3) is 0.429. The molecule has 0 radical (unpaired) electrons. The molecular formula is C14H17NO4. The number of rotatable bonds is 3. The van der Waals surface area contributed by atoms with E-state index in [1.54, 1.807) is 7.11 Å². The van der Waals surface area contributed by atoms with Crippen molar-refractivity contribution in [2.75, 3.05) is 13.7 Å². The number of ether oxygens (including phenoxy) is 1. The highest BCUT2D eigenvalue weighted by Gasteiger charge is 2.32. The fourth-order valence-electron chi connectivity index (χ4n) is 2.65. The number of methoxy groups -OCH3 is 1. The van der Waals surface area contributed by atoms with Gasteiger partial charge >= 0.3 is 6.09 Å². The van der Waals surface area contributed by atoms with Crippen molar-refractivity contribution in [1.82, 2.24) is 4.90 Å². The zero-order valence-electron chi connectivity index (χ0n) is 10.8. The molecule has 0 aromatic heterocycles. The minimum absolute atomic E-state index is 0.155. The summed E-state index contributed by atoms with van der Waals surface area (Å²) in [5, 5.41) is 9.04. The van der Waals surface area contributed by atoms with Crippen LogP contribution in [0.2, 0.25) is 0 Å². The second-order valence-corrected chi connectivity index (χ2v) is 4.64. The molecule has 2 atom stereocenters. The minimum atomic E-state index is -1.03. The van der Waals surface area contributed by atoms with Gasteiger partial charge in [-0.15, -0.1) is 0 Å². The van der Waals surface area contributed by atoms with Crippen LogP contribution in [0.1, 0.15) is 24.3 Å². The smallest absolute Gasteiger partial charge is 0.407 e. The Morgan fingerprint density at radius 1 is 1.47 bits per heavy atom. The van der Waals surface area contributed by atoms with Gasteiger partial charge in [0.15, 0.2) is 0 Å². The quantitative estimate of drug-likeness (QED) is 0.848. The van der Waals surface area contributed by atoms with Gasteiger partial charge < -0.3 is 14.6 Å². The van der Waals surface area contributed by atoms with E-state index in [1.807, 2.05) is 24.3 Å². The Balaban J connectivity index is 2.20. The highest BCUT2D eigenvalue weighted by Crippen LogP contribution is 2.35. The molecule has 0 spiro atoms. The average Bonchev–Trinajstić information content (AvgIpc) is 2.46. The van der Waals surface area contributed by atoms with E-state index in [4.69, 9.17) is 9.84 Å². The normalized spacial score (nSPS) is 22.9. The van der Waals surface area contributed by atoms with Crippen molar-refractivity contribution in [1.29, 1.82) is 0 Å². The number of hydrogen-bond donors (Lipinski definition) is 1. The van der Waals surface area contributed by atoms with Gasteiger partial charge in [0.1, 0.15) is 12.0 Å². The van der Waals surface area contributed by atoms with Crippen LogP contribution < -0.4 is 4.74 Å². The predicted octanol–water partition coefficient (Wildman–Crippen LogP) is 2.12. The van der Waals surface area contributed by atoms with Crippen LogP contribution >= 0.6 is 0 Å². The zero-order chi connectivity index (χ0) is 13.8. The third kappa shape index (κ3) is 2.70. The average molecular weight is 263 g/mol. The second-order valence-electron chi connectivity index (χ2n) is 4.64. The first-order chi connectivity index (χ1) is 9.17. The lowest BCUT2D eigenvalue weighted by Gasteiger charge is -2.35. The summed E-state index contributed by atoms with van der Waals surface area (Å²) in [5.41, 5.74) is 1.04. The van der Waals surface area contributed by atoms with Crippen LogP contribution in [0, 0.1) is 0 Å². The summed E-state index contributed by atoms with van der Waals surface area (Å²) in [6, 6.07) is 7.11. The lowest BCUT2D eigenvalue weighted by atomic mass is 9.85. The predicted molar refractivity (Wildman–Crippen MR) is 69.6 cm³/mol. The Morgan fingerprint density at radius 3 is 2.84 bits per heavy atom. The van der Waals surface area contributed by atoms with Crippen molar-refractivity contribution < 1.29 is 19.4 Å². The van der Waals surface area contributed by atoms with Crippen LogP contribution in [0.5, 0.6) is 5.75 Å². The van der Waals surface area contributed by atoms with Crippen molar-refractivity contribution in [3.05, 3.63) is 29.8 Å². The monoisotopic (exact) mass is 263 g/mol. The van der Waals surface area contributed by atoms with E-state index in [9.17, 15) is 9.59 Å². The molecule has 1 amide bonds. The van der Waals surface area contributed by atoms with Gasteiger partial charge in [0.2, 0.25) is 0 Å². The van der Waals surface area contributed by atoms with Crippen molar-refractivity contribution >= 4 is 12.4 Å². The first-order valence-corrected chi connectivity index (χ1v) is 6.25. The summed E-state index contributed by atoms with van der Waals surface area (Å²) in [4.78, 5) is 23.3. The number of aldehydes is 1. The molecule has 1 aromatic rings. The molecular weight excluding hydrogens is 246 g/mol. The molecule has 102 valence electrons. The molecule has 5 heteroatoms.